The van der Waals surface area contributed by atoms with Gasteiger partial charge in [0.25, 0.3) is 0 Å². The molecule has 0 N–H and O–H groups in total. The molecule has 0 aliphatic heterocycles. The number of para-hydroxylation sites is 4. The average Bonchev–Trinajstić information content (AvgIpc) is 3.58. The molecule has 0 saturated heterocycles. The molecule has 300 valence electrons. The highest BCUT2D eigenvalue weighted by Crippen LogP contribution is 2.50. The molecule has 11 rings (SSSR count). The van der Waals surface area contributed by atoms with Crippen LogP contribution in [0.25, 0.3) is 55.8 Å². The van der Waals surface area contributed by atoms with Gasteiger partial charge in [-0.2, -0.15) is 0 Å². The first kappa shape index (κ1) is 37.9. The third kappa shape index (κ3) is 6.83. The molecule has 1 aliphatic rings. The number of anilines is 6. The van der Waals surface area contributed by atoms with E-state index in [0.717, 1.165) is 78.8 Å². The molecule has 4 nitrogen and oxygen atoms in total. The number of hydrogen-bond donors (Lipinski definition) is 0. The van der Waals surface area contributed by atoms with E-state index in [1.54, 1.807) is 0 Å². The van der Waals surface area contributed by atoms with Gasteiger partial charge in [-0.25, -0.2) is 9.97 Å². The zero-order valence-corrected chi connectivity index (χ0v) is 35.2. The lowest BCUT2D eigenvalue weighted by Gasteiger charge is -2.28. The minimum absolute atomic E-state index is 0.105. The minimum Gasteiger partial charge on any atom is -0.311 e. The Morgan fingerprint density at radius 2 is 0.730 bits per heavy atom. The molecule has 9 aromatic carbocycles. The van der Waals surface area contributed by atoms with Crippen LogP contribution < -0.4 is 9.80 Å². The van der Waals surface area contributed by atoms with Crippen LogP contribution in [-0.4, -0.2) is 9.97 Å². The van der Waals surface area contributed by atoms with E-state index in [2.05, 4.69) is 248 Å². The van der Waals surface area contributed by atoms with Gasteiger partial charge < -0.3 is 9.80 Å². The Kier molecular flexibility index (Phi) is 9.47. The van der Waals surface area contributed by atoms with Gasteiger partial charge in [-0.1, -0.05) is 159 Å². The number of hydrogen-bond acceptors (Lipinski definition) is 4. The Bertz CT molecular complexity index is 3180. The highest BCUT2D eigenvalue weighted by molar-refractivity contribution is 5.97. The third-order valence-electron chi connectivity index (χ3n) is 12.4. The predicted octanol–water partition coefficient (Wildman–Crippen LogP) is 15.9. The van der Waals surface area contributed by atoms with Crippen LogP contribution in [0.2, 0.25) is 0 Å². The number of fused-ring (bicyclic) bond motifs is 4. The SMILES string of the molecule is CC1(C)c2ccccc2-c2ccc(-c3cccc4nc(-c5ccccc5)c(-c5ccc(N(c6ccccc6)c6ccc(N(c7ccccc7)c7ccccc7)cc6)cc5)nc34)cc21. The van der Waals surface area contributed by atoms with Gasteiger partial charge in [0.05, 0.1) is 22.4 Å². The summed E-state index contributed by atoms with van der Waals surface area (Å²) in [5, 5.41) is 0. The van der Waals surface area contributed by atoms with E-state index in [9.17, 15) is 0 Å². The Labute approximate surface area is 369 Å². The van der Waals surface area contributed by atoms with E-state index in [4.69, 9.17) is 9.97 Å². The largest absolute Gasteiger partial charge is 0.311 e. The third-order valence-corrected chi connectivity index (χ3v) is 12.4. The first-order valence-corrected chi connectivity index (χ1v) is 21.6. The molecule has 0 radical (unpaired) electrons. The molecule has 4 heteroatoms. The van der Waals surface area contributed by atoms with Crippen LogP contribution in [0.4, 0.5) is 34.1 Å². The smallest absolute Gasteiger partial charge is 0.0973 e. The quantitative estimate of drug-likeness (QED) is 0.145. The zero-order valence-electron chi connectivity index (χ0n) is 35.2. The highest BCUT2D eigenvalue weighted by Gasteiger charge is 2.35. The fraction of sp³-hybridized carbons (Fsp3) is 0.0508. The summed E-state index contributed by atoms with van der Waals surface area (Å²) >= 11 is 0. The first-order valence-electron chi connectivity index (χ1n) is 21.6. The molecule has 0 amide bonds. The lowest BCUT2D eigenvalue weighted by Crippen LogP contribution is -2.14. The zero-order chi connectivity index (χ0) is 42.3. The van der Waals surface area contributed by atoms with Gasteiger partial charge >= 0.3 is 0 Å². The van der Waals surface area contributed by atoms with E-state index in [1.807, 2.05) is 6.07 Å². The summed E-state index contributed by atoms with van der Waals surface area (Å²) < 4.78 is 0. The van der Waals surface area contributed by atoms with Crippen molar-refractivity contribution in [3.8, 4) is 44.8 Å². The van der Waals surface area contributed by atoms with Crippen LogP contribution in [-0.2, 0) is 5.41 Å². The maximum atomic E-state index is 5.55. The van der Waals surface area contributed by atoms with Gasteiger partial charge in [-0.05, 0) is 113 Å². The summed E-state index contributed by atoms with van der Waals surface area (Å²) in [6.45, 7) is 4.66. The standard InChI is InChI=1S/C59H44N4/c1-59(2)53-28-16-15-26-51(53)52-39-32-43(40-54(52)59)50-27-17-29-55-58(50)61-57(56(60-55)41-18-7-3-8-19-41)42-30-33-47(34-31-42)63(46-24-13-6-14-25-46)49-37-35-48(36-38-49)62(44-20-9-4-10-21-44)45-22-11-5-12-23-45/h3-40H,1-2H3. The van der Waals surface area contributed by atoms with Crippen molar-refractivity contribution in [1.82, 2.24) is 9.97 Å². The number of benzene rings is 9. The molecule has 0 spiro atoms. The van der Waals surface area contributed by atoms with E-state index in [0.29, 0.717) is 0 Å². The molecule has 0 atom stereocenters. The van der Waals surface area contributed by atoms with Crippen molar-refractivity contribution in [2.24, 2.45) is 0 Å². The predicted molar refractivity (Wildman–Crippen MR) is 263 cm³/mol. The molecular formula is C59H44N4. The molecule has 1 heterocycles. The Balaban J connectivity index is 1.00. The van der Waals surface area contributed by atoms with Crippen LogP contribution >= 0.6 is 0 Å². The van der Waals surface area contributed by atoms with E-state index in [-0.39, 0.29) is 5.41 Å². The van der Waals surface area contributed by atoms with Gasteiger partial charge in [0, 0.05) is 56.2 Å². The second-order valence-electron chi connectivity index (χ2n) is 16.6. The lowest BCUT2D eigenvalue weighted by atomic mass is 9.81. The summed E-state index contributed by atoms with van der Waals surface area (Å²) in [4.78, 5) is 15.5. The summed E-state index contributed by atoms with van der Waals surface area (Å²) in [5.41, 5.74) is 19.4. The average molecular weight is 809 g/mol. The van der Waals surface area contributed by atoms with Crippen molar-refractivity contribution >= 4 is 45.2 Å². The van der Waals surface area contributed by atoms with E-state index < -0.39 is 0 Å². The first-order chi connectivity index (χ1) is 31.0. The van der Waals surface area contributed by atoms with Crippen LogP contribution in [0.3, 0.4) is 0 Å². The Morgan fingerprint density at radius 1 is 0.317 bits per heavy atom. The molecule has 0 unspecified atom stereocenters. The van der Waals surface area contributed by atoms with Crippen LogP contribution in [0, 0.1) is 0 Å². The van der Waals surface area contributed by atoms with Crippen molar-refractivity contribution in [3.63, 3.8) is 0 Å². The summed E-state index contributed by atoms with van der Waals surface area (Å²) in [7, 11) is 0. The van der Waals surface area contributed by atoms with Gasteiger partial charge in [0.15, 0.2) is 0 Å². The van der Waals surface area contributed by atoms with Gasteiger partial charge in [0.1, 0.15) is 0 Å². The topological polar surface area (TPSA) is 32.3 Å². The van der Waals surface area contributed by atoms with Crippen molar-refractivity contribution in [1.29, 1.82) is 0 Å². The Morgan fingerprint density at radius 3 is 1.30 bits per heavy atom. The second-order valence-corrected chi connectivity index (χ2v) is 16.6. The van der Waals surface area contributed by atoms with Crippen molar-refractivity contribution in [3.05, 3.63) is 242 Å². The molecule has 0 saturated carbocycles. The normalized spacial score (nSPS) is 12.4. The van der Waals surface area contributed by atoms with Gasteiger partial charge in [-0.15, -0.1) is 0 Å². The van der Waals surface area contributed by atoms with Crippen molar-refractivity contribution in [2.75, 3.05) is 9.80 Å². The maximum absolute atomic E-state index is 5.55. The van der Waals surface area contributed by atoms with E-state index >= 15 is 0 Å². The highest BCUT2D eigenvalue weighted by atomic mass is 15.2. The molecular weight excluding hydrogens is 765 g/mol. The molecule has 0 fully saturated rings. The number of aromatic nitrogens is 2. The van der Waals surface area contributed by atoms with Gasteiger partial charge in [-0.3, -0.25) is 0 Å². The second kappa shape index (κ2) is 15.7. The number of rotatable bonds is 9. The lowest BCUT2D eigenvalue weighted by molar-refractivity contribution is 0.660. The molecule has 63 heavy (non-hydrogen) atoms. The Hall–Kier alpha value is -8.08. The summed E-state index contributed by atoms with van der Waals surface area (Å²) in [6.07, 6.45) is 0. The van der Waals surface area contributed by atoms with Crippen molar-refractivity contribution < 1.29 is 0 Å². The van der Waals surface area contributed by atoms with E-state index in [1.165, 1.54) is 22.3 Å². The van der Waals surface area contributed by atoms with Crippen LogP contribution in [0.15, 0.2) is 231 Å². The molecule has 0 bridgehead atoms. The molecule has 10 aromatic rings. The maximum Gasteiger partial charge on any atom is 0.0973 e. The van der Waals surface area contributed by atoms with Gasteiger partial charge in [0.2, 0.25) is 0 Å². The number of nitrogens with zero attached hydrogens (tertiary/aromatic N) is 4. The van der Waals surface area contributed by atoms with Crippen molar-refractivity contribution in [2.45, 2.75) is 19.3 Å². The van der Waals surface area contributed by atoms with Crippen LogP contribution in [0.5, 0.6) is 0 Å². The monoisotopic (exact) mass is 808 g/mol. The summed E-state index contributed by atoms with van der Waals surface area (Å²) in [6, 6.07) is 81.7. The fourth-order valence-electron chi connectivity index (χ4n) is 9.33. The fourth-order valence-corrected chi connectivity index (χ4v) is 9.33. The molecule has 1 aliphatic carbocycles. The van der Waals surface area contributed by atoms with Crippen LogP contribution in [0.1, 0.15) is 25.0 Å². The molecule has 1 aromatic heterocycles. The minimum atomic E-state index is -0.105. The summed E-state index contributed by atoms with van der Waals surface area (Å²) in [5.74, 6) is 0.